The number of hydrogen-bond donors (Lipinski definition) is 17. The van der Waals surface area contributed by atoms with Crippen LogP contribution < -0.4 is 65.1 Å². The van der Waals surface area contributed by atoms with Gasteiger partial charge in [0.25, 0.3) is 0 Å². The Balaban J connectivity index is 2.36. The lowest BCUT2D eigenvalue weighted by molar-refractivity contribution is -0.164. The quantitative estimate of drug-likeness (QED) is 0.0154. The number of carboxylic acid groups (broad SMARTS) is 5. The molecule has 9 amide bonds. The number of esters is 2. The largest absolute Gasteiger partial charge is 0.481 e. The van der Waals surface area contributed by atoms with E-state index >= 15 is 0 Å². The van der Waals surface area contributed by atoms with Gasteiger partial charge in [0.1, 0.15) is 54.4 Å². The van der Waals surface area contributed by atoms with E-state index in [1.165, 1.54) is 0 Å². The summed E-state index contributed by atoms with van der Waals surface area (Å²) in [6.07, 6.45) is -4.71. The summed E-state index contributed by atoms with van der Waals surface area (Å²) in [5, 5.41) is 68.2. The molecule has 0 aromatic heterocycles. The first-order chi connectivity index (χ1) is 38.6. The van der Waals surface area contributed by atoms with E-state index in [0.29, 0.717) is 25.8 Å². The first-order valence-corrected chi connectivity index (χ1v) is 26.4. The van der Waals surface area contributed by atoms with E-state index in [1.54, 1.807) is 0 Å². The molecule has 0 spiro atoms. The number of hydrogen-bond acceptors (Lipinski definition) is 20. The molecule has 10 atom stereocenters. The smallest absolute Gasteiger partial charge is 0.336 e. The molecule has 0 bridgehead atoms. The molecule has 458 valence electrons. The number of aliphatic carboxylic acids is 5. The topological polar surface area (TPSA) is 570 Å². The molecule has 2 unspecified atom stereocenters. The summed E-state index contributed by atoms with van der Waals surface area (Å²) in [7, 11) is 0. The predicted octanol–water partition coefficient (Wildman–Crippen LogP) is -6.08. The first kappa shape index (κ1) is 69.7. The van der Waals surface area contributed by atoms with Crippen LogP contribution in [-0.2, 0) is 81.4 Å². The van der Waals surface area contributed by atoms with Gasteiger partial charge in [0.15, 0.2) is 0 Å². The second-order valence-electron chi connectivity index (χ2n) is 19.3. The molecule has 20 N–H and O–H groups in total. The Morgan fingerprint density at radius 1 is 0.451 bits per heavy atom. The van der Waals surface area contributed by atoms with Crippen molar-refractivity contribution in [2.45, 2.75) is 189 Å². The highest BCUT2D eigenvalue weighted by Crippen LogP contribution is 2.14. The van der Waals surface area contributed by atoms with Crippen molar-refractivity contribution in [3.8, 4) is 0 Å². The summed E-state index contributed by atoms with van der Waals surface area (Å²) in [4.78, 5) is 203. The van der Waals surface area contributed by atoms with Crippen LogP contribution in [0, 0.1) is 0 Å². The molecule has 2 aliphatic rings. The van der Waals surface area contributed by atoms with Crippen LogP contribution in [0.1, 0.15) is 128 Å². The maximum atomic E-state index is 14.0. The number of amides is 9. The van der Waals surface area contributed by atoms with Crippen LogP contribution >= 0.6 is 0 Å². The molecule has 2 fully saturated rings. The van der Waals surface area contributed by atoms with Gasteiger partial charge < -0.3 is 95.3 Å². The third-order valence-electron chi connectivity index (χ3n) is 12.7. The van der Waals surface area contributed by atoms with E-state index in [-0.39, 0.29) is 77.2 Å². The molecule has 0 aromatic carbocycles. The van der Waals surface area contributed by atoms with Gasteiger partial charge >= 0.3 is 41.8 Å². The minimum absolute atomic E-state index is 0.0204. The van der Waals surface area contributed by atoms with Crippen LogP contribution in [0.5, 0.6) is 0 Å². The highest BCUT2D eigenvalue weighted by molar-refractivity contribution is 6.00. The molecule has 34 heteroatoms. The molecule has 2 heterocycles. The summed E-state index contributed by atoms with van der Waals surface area (Å²) in [6, 6.07) is -16.0. The molecule has 2 rings (SSSR count). The fourth-order valence-corrected chi connectivity index (χ4v) is 8.20. The van der Waals surface area contributed by atoms with Gasteiger partial charge in [0.2, 0.25) is 53.2 Å². The summed E-state index contributed by atoms with van der Waals surface area (Å²) in [5.74, 6) is -19.7. The lowest BCUT2D eigenvalue weighted by Gasteiger charge is -2.26. The Hall–Kier alpha value is -8.40. The Kier molecular flexibility index (Phi) is 30.7. The van der Waals surface area contributed by atoms with E-state index in [9.17, 15) is 102 Å². The third kappa shape index (κ3) is 26.2. The molecule has 0 radical (unpaired) electrons. The minimum atomic E-state index is -2.18. The zero-order valence-corrected chi connectivity index (χ0v) is 44.7. The molecular formula is C48H74N12O22. The Labute approximate surface area is 468 Å². The van der Waals surface area contributed by atoms with Gasteiger partial charge in [-0.05, 0) is 90.1 Å². The van der Waals surface area contributed by atoms with E-state index < -0.39 is 194 Å². The zero-order chi connectivity index (χ0) is 61.6. The SMILES string of the molecule is NCCCC[C@H](NC(=O)C(N)CCCCC(NC(=O)[C@H](CC(=O)O)NC(=O)[C@H](CCC(=O)OC(=O)[C@H](CC(=O)O)NC(=O)[C@H](CCC(=O)O)NC(=O)[C@@H]1CCC(=O)N1)NC(=O)[C@@H]1CCC(=O)N1)C(=O)N[C@@H](CCCCN)C(=O)O)C(=O)O. The molecule has 2 aliphatic heterocycles. The number of nitrogens with one attached hydrogen (secondary N) is 9. The van der Waals surface area contributed by atoms with Gasteiger partial charge in [-0.15, -0.1) is 0 Å². The van der Waals surface area contributed by atoms with Crippen LogP contribution in [0.15, 0.2) is 0 Å². The van der Waals surface area contributed by atoms with E-state index in [4.69, 9.17) is 21.9 Å². The van der Waals surface area contributed by atoms with Crippen molar-refractivity contribution in [3.63, 3.8) is 0 Å². The monoisotopic (exact) mass is 1170 g/mol. The van der Waals surface area contributed by atoms with Gasteiger partial charge in [0.05, 0.1) is 18.9 Å². The minimum Gasteiger partial charge on any atom is -0.481 e. The third-order valence-corrected chi connectivity index (χ3v) is 12.7. The Morgan fingerprint density at radius 2 is 0.817 bits per heavy atom. The number of carbonyl (C=O) groups excluding carboxylic acids is 11. The highest BCUT2D eigenvalue weighted by Gasteiger charge is 2.37. The van der Waals surface area contributed by atoms with Gasteiger partial charge in [0, 0.05) is 25.7 Å². The second kappa shape index (κ2) is 36.1. The predicted molar refractivity (Wildman–Crippen MR) is 275 cm³/mol. The molecule has 0 aromatic rings. The average Bonchev–Trinajstić information content (AvgIpc) is 4.05. The second-order valence-corrected chi connectivity index (χ2v) is 19.3. The fourth-order valence-electron chi connectivity index (χ4n) is 8.20. The Morgan fingerprint density at radius 3 is 1.24 bits per heavy atom. The summed E-state index contributed by atoms with van der Waals surface area (Å²) in [5.41, 5.74) is 17.0. The van der Waals surface area contributed by atoms with Crippen LogP contribution in [0.25, 0.3) is 0 Å². The standard InChI is InChI=1S/C48H74N12O22/c49-19-5-3-9-29(46(77)78)57-39(70)23(51)7-1-2-8-24(40(71)58-30(47(79)80)10-4-6-20-50)54-45(76)31(21-36(65)66)59-43(74)28(56-42(73)26-12-16-34(62)53-26)14-18-38(69)82-48(81)32(22-37(67)68)60-44(75)27(13-17-35(63)64)55-41(72)25-11-15-33(61)52-25/h23-32H,1-22,49-51H2,(H,52,61)(H,53,62)(H,54,76)(H,55,72)(H,56,73)(H,57,70)(H,58,71)(H,59,74)(H,60,75)(H,63,64)(H,65,66)(H,67,68)(H,77,78)(H,79,80)/t23?,24?,25-,26-,27-,28-,29-,30-,31-,32-/m0/s1. The maximum Gasteiger partial charge on any atom is 0.336 e. The molecule has 2 saturated heterocycles. The summed E-state index contributed by atoms with van der Waals surface area (Å²) in [6.45, 7) is 0.489. The number of rotatable bonds is 40. The normalized spacial score (nSPS) is 17.5. The van der Waals surface area contributed by atoms with Crippen LogP contribution in [0.2, 0.25) is 0 Å². The van der Waals surface area contributed by atoms with Gasteiger partial charge in [-0.1, -0.05) is 12.8 Å². The van der Waals surface area contributed by atoms with E-state index in [1.807, 2.05) is 5.32 Å². The lowest BCUT2D eigenvalue weighted by atomic mass is 10.0. The van der Waals surface area contributed by atoms with Gasteiger partial charge in [-0.2, -0.15) is 0 Å². The van der Waals surface area contributed by atoms with Crippen molar-refractivity contribution < 1.29 is 107 Å². The van der Waals surface area contributed by atoms with Gasteiger partial charge in [-0.3, -0.25) is 62.3 Å². The van der Waals surface area contributed by atoms with Gasteiger partial charge in [-0.25, -0.2) is 14.4 Å². The van der Waals surface area contributed by atoms with Crippen molar-refractivity contribution in [1.29, 1.82) is 0 Å². The number of nitrogens with two attached hydrogens (primary N) is 3. The van der Waals surface area contributed by atoms with Crippen molar-refractivity contribution >= 4 is 94.9 Å². The zero-order valence-electron chi connectivity index (χ0n) is 44.7. The average molecular weight is 1170 g/mol. The van der Waals surface area contributed by atoms with Crippen LogP contribution in [0.3, 0.4) is 0 Å². The van der Waals surface area contributed by atoms with Crippen LogP contribution in [0.4, 0.5) is 0 Å². The van der Waals surface area contributed by atoms with Crippen molar-refractivity contribution in [2.75, 3.05) is 13.1 Å². The van der Waals surface area contributed by atoms with Crippen molar-refractivity contribution in [1.82, 2.24) is 47.9 Å². The lowest BCUT2D eigenvalue weighted by Crippen LogP contribution is -2.59. The fraction of sp³-hybridized carbons (Fsp3) is 0.667. The van der Waals surface area contributed by atoms with Crippen molar-refractivity contribution in [3.05, 3.63) is 0 Å². The summed E-state index contributed by atoms with van der Waals surface area (Å²) < 4.78 is 4.77. The number of ether oxygens (including phenoxy) is 1. The van der Waals surface area contributed by atoms with Crippen molar-refractivity contribution in [2.24, 2.45) is 17.2 Å². The number of carboxylic acids is 5. The molecular weight excluding hydrogens is 1100 g/mol. The van der Waals surface area contributed by atoms with E-state index in [0.717, 1.165) is 0 Å². The van der Waals surface area contributed by atoms with E-state index in [2.05, 4.69) is 42.5 Å². The number of carbonyl (C=O) groups is 16. The molecule has 0 aliphatic carbocycles. The highest BCUT2D eigenvalue weighted by atomic mass is 16.6. The maximum absolute atomic E-state index is 14.0. The molecule has 82 heavy (non-hydrogen) atoms. The summed E-state index contributed by atoms with van der Waals surface area (Å²) >= 11 is 0. The molecule has 34 nitrogen and oxygen atoms in total. The first-order valence-electron chi connectivity index (χ1n) is 26.4. The van der Waals surface area contributed by atoms with Crippen LogP contribution in [-0.4, -0.2) is 194 Å². The Bertz CT molecular complexity index is 2360. The molecule has 0 saturated carbocycles. The number of unbranched alkanes of at least 4 members (excludes halogenated alkanes) is 3.